The fourth-order valence-corrected chi connectivity index (χ4v) is 3.52. The Labute approximate surface area is 200 Å². The van der Waals surface area contributed by atoms with Crippen molar-refractivity contribution in [3.05, 3.63) is 82.0 Å². The zero-order chi connectivity index (χ0) is 24.9. The summed E-state index contributed by atoms with van der Waals surface area (Å²) in [6, 6.07) is 12.4. The van der Waals surface area contributed by atoms with E-state index in [1.807, 2.05) is 43.3 Å². The predicted octanol–water partition coefficient (Wildman–Crippen LogP) is 3.93. The Morgan fingerprint density at radius 3 is 2.51 bits per heavy atom. The van der Waals surface area contributed by atoms with Crippen LogP contribution in [-0.2, 0) is 6.54 Å². The van der Waals surface area contributed by atoms with Crippen molar-refractivity contribution in [2.75, 3.05) is 27.2 Å². The predicted molar refractivity (Wildman–Crippen MR) is 126 cm³/mol. The molecular formula is C25H25F2N5O3. The maximum absolute atomic E-state index is 14.6. The summed E-state index contributed by atoms with van der Waals surface area (Å²) in [5.74, 6) is -1.19. The van der Waals surface area contributed by atoms with Gasteiger partial charge in [0.15, 0.2) is 17.4 Å². The van der Waals surface area contributed by atoms with Gasteiger partial charge in [0.05, 0.1) is 18.8 Å². The minimum Gasteiger partial charge on any atom is -0.488 e. The maximum atomic E-state index is 14.6. The van der Waals surface area contributed by atoms with E-state index in [4.69, 9.17) is 9.26 Å². The van der Waals surface area contributed by atoms with Crippen molar-refractivity contribution >= 4 is 0 Å². The molecule has 4 rings (SSSR count). The van der Waals surface area contributed by atoms with Crippen LogP contribution in [0.25, 0.3) is 22.6 Å². The average molecular weight is 482 g/mol. The molecule has 0 aliphatic rings. The lowest BCUT2D eigenvalue weighted by Crippen LogP contribution is -2.22. The van der Waals surface area contributed by atoms with Crippen molar-refractivity contribution in [3.8, 4) is 28.4 Å². The van der Waals surface area contributed by atoms with Gasteiger partial charge in [-0.25, -0.2) is 13.5 Å². The minimum atomic E-state index is -0.826. The smallest absolute Gasteiger partial charge is 0.267 e. The molecule has 2 aromatic heterocycles. The molecule has 0 radical (unpaired) electrons. The molecule has 10 heteroatoms. The quantitative estimate of drug-likeness (QED) is 0.335. The number of aromatic nitrogens is 4. The number of nitrogens with zero attached hydrogens (tertiary/aromatic N) is 5. The standard InChI is InChI=1S/C25H25F2N5O3/c1-16-28-25(30-35-16)18-7-4-6-17(12-18)15-32-23(33)9-8-22(29-32)19-13-20(26)24(21(27)14-19)34-11-5-10-31(2)3/h4,6-9,12-14H,5,10-11,15H2,1-3H3. The largest absolute Gasteiger partial charge is 0.488 e. The molecule has 35 heavy (non-hydrogen) atoms. The summed E-state index contributed by atoms with van der Waals surface area (Å²) < 4.78 is 40.8. The zero-order valence-corrected chi connectivity index (χ0v) is 19.7. The summed E-state index contributed by atoms with van der Waals surface area (Å²) in [6.45, 7) is 2.78. The highest BCUT2D eigenvalue weighted by atomic mass is 19.1. The van der Waals surface area contributed by atoms with Crippen LogP contribution in [0.5, 0.6) is 5.75 Å². The highest BCUT2D eigenvalue weighted by Gasteiger charge is 2.15. The van der Waals surface area contributed by atoms with E-state index in [0.29, 0.717) is 18.1 Å². The fourth-order valence-electron chi connectivity index (χ4n) is 3.52. The molecule has 8 nitrogen and oxygen atoms in total. The molecule has 0 aliphatic carbocycles. The summed E-state index contributed by atoms with van der Waals surface area (Å²) in [7, 11) is 3.82. The first-order chi connectivity index (χ1) is 16.8. The molecule has 2 heterocycles. The Kier molecular flexibility index (Phi) is 7.31. The molecule has 0 atom stereocenters. The first-order valence-corrected chi connectivity index (χ1v) is 11.0. The summed E-state index contributed by atoms with van der Waals surface area (Å²) in [4.78, 5) is 18.6. The van der Waals surface area contributed by atoms with E-state index in [1.165, 1.54) is 16.8 Å². The third-order valence-electron chi connectivity index (χ3n) is 5.20. The number of hydrogen-bond acceptors (Lipinski definition) is 7. The Morgan fingerprint density at radius 1 is 1.06 bits per heavy atom. The normalized spacial score (nSPS) is 11.3. The molecule has 0 spiro atoms. The molecule has 182 valence electrons. The topological polar surface area (TPSA) is 86.3 Å². The molecule has 2 aromatic carbocycles. The fraction of sp³-hybridized carbons (Fsp3) is 0.280. The lowest BCUT2D eigenvalue weighted by Gasteiger charge is -2.13. The zero-order valence-electron chi connectivity index (χ0n) is 19.7. The molecule has 0 fully saturated rings. The van der Waals surface area contributed by atoms with Crippen LogP contribution in [0.15, 0.2) is 57.8 Å². The molecule has 0 amide bonds. The van der Waals surface area contributed by atoms with Crippen LogP contribution in [-0.4, -0.2) is 52.1 Å². The lowest BCUT2D eigenvalue weighted by atomic mass is 10.1. The van der Waals surface area contributed by atoms with Crippen molar-refractivity contribution in [1.82, 2.24) is 24.8 Å². The van der Waals surface area contributed by atoms with Crippen LogP contribution < -0.4 is 10.3 Å². The van der Waals surface area contributed by atoms with Gasteiger partial charge in [0.1, 0.15) is 0 Å². The molecule has 0 saturated carbocycles. The van der Waals surface area contributed by atoms with Crippen LogP contribution >= 0.6 is 0 Å². The van der Waals surface area contributed by atoms with E-state index < -0.39 is 17.4 Å². The first-order valence-electron chi connectivity index (χ1n) is 11.0. The number of aryl methyl sites for hydroxylation is 1. The van der Waals surface area contributed by atoms with Crippen molar-refractivity contribution in [2.24, 2.45) is 0 Å². The van der Waals surface area contributed by atoms with Gasteiger partial charge in [0.2, 0.25) is 11.7 Å². The third kappa shape index (κ3) is 5.96. The first kappa shape index (κ1) is 24.2. The van der Waals surface area contributed by atoms with Crippen LogP contribution in [0, 0.1) is 18.6 Å². The number of rotatable bonds is 9. The summed E-state index contributed by atoms with van der Waals surface area (Å²) in [5, 5.41) is 8.23. The van der Waals surface area contributed by atoms with Crippen LogP contribution in [0.4, 0.5) is 8.78 Å². The molecule has 0 saturated heterocycles. The van der Waals surface area contributed by atoms with Gasteiger partial charge in [-0.1, -0.05) is 23.4 Å². The van der Waals surface area contributed by atoms with E-state index in [-0.39, 0.29) is 30.0 Å². The molecule has 4 aromatic rings. The number of hydrogen-bond donors (Lipinski definition) is 0. The molecule has 0 unspecified atom stereocenters. The summed E-state index contributed by atoms with van der Waals surface area (Å²) in [5.41, 5.74) is 1.61. The van der Waals surface area contributed by atoms with Gasteiger partial charge in [0.25, 0.3) is 5.56 Å². The number of halogens is 2. The van der Waals surface area contributed by atoms with E-state index in [1.54, 1.807) is 6.92 Å². The average Bonchev–Trinajstić information content (AvgIpc) is 3.26. The Balaban J connectivity index is 1.55. The van der Waals surface area contributed by atoms with Gasteiger partial charge in [-0.3, -0.25) is 4.79 Å². The van der Waals surface area contributed by atoms with E-state index in [9.17, 15) is 13.6 Å². The summed E-state index contributed by atoms with van der Waals surface area (Å²) >= 11 is 0. The molecular weight excluding hydrogens is 456 g/mol. The summed E-state index contributed by atoms with van der Waals surface area (Å²) in [6.07, 6.45) is 0.633. The van der Waals surface area contributed by atoms with Crippen LogP contribution in [0.3, 0.4) is 0 Å². The van der Waals surface area contributed by atoms with Gasteiger partial charge >= 0.3 is 0 Å². The minimum absolute atomic E-state index is 0.148. The van der Waals surface area contributed by atoms with Crippen LogP contribution in [0.2, 0.25) is 0 Å². The lowest BCUT2D eigenvalue weighted by molar-refractivity contribution is 0.259. The Hall–Kier alpha value is -3.92. The third-order valence-corrected chi connectivity index (χ3v) is 5.20. The highest BCUT2D eigenvalue weighted by Crippen LogP contribution is 2.28. The van der Waals surface area contributed by atoms with Crippen LogP contribution in [0.1, 0.15) is 17.9 Å². The van der Waals surface area contributed by atoms with E-state index >= 15 is 0 Å². The highest BCUT2D eigenvalue weighted by molar-refractivity contribution is 5.60. The molecule has 0 bridgehead atoms. The van der Waals surface area contributed by atoms with Gasteiger partial charge in [-0.05, 0) is 50.3 Å². The van der Waals surface area contributed by atoms with Crippen molar-refractivity contribution in [3.63, 3.8) is 0 Å². The second-order valence-electron chi connectivity index (χ2n) is 8.33. The Bertz CT molecular complexity index is 1360. The monoisotopic (exact) mass is 481 g/mol. The molecule has 0 aliphatic heterocycles. The van der Waals surface area contributed by atoms with Gasteiger partial charge in [-0.2, -0.15) is 10.1 Å². The van der Waals surface area contributed by atoms with Gasteiger partial charge in [0, 0.05) is 30.7 Å². The second-order valence-corrected chi connectivity index (χ2v) is 8.33. The van der Waals surface area contributed by atoms with Crippen molar-refractivity contribution in [2.45, 2.75) is 19.9 Å². The SMILES string of the molecule is Cc1nc(-c2cccc(Cn3nc(-c4cc(F)c(OCCCN(C)C)c(F)c4)ccc3=O)c2)no1. The van der Waals surface area contributed by atoms with E-state index in [0.717, 1.165) is 29.8 Å². The molecule has 0 N–H and O–H groups in total. The number of ether oxygens (including phenoxy) is 1. The van der Waals surface area contributed by atoms with E-state index in [2.05, 4.69) is 15.2 Å². The van der Waals surface area contributed by atoms with Gasteiger partial charge < -0.3 is 14.2 Å². The number of benzene rings is 2. The maximum Gasteiger partial charge on any atom is 0.267 e. The second kappa shape index (κ2) is 10.6. The van der Waals surface area contributed by atoms with Gasteiger partial charge in [-0.15, -0.1) is 0 Å². The van der Waals surface area contributed by atoms with Crippen molar-refractivity contribution in [1.29, 1.82) is 0 Å². The van der Waals surface area contributed by atoms with Crippen molar-refractivity contribution < 1.29 is 18.0 Å². The Morgan fingerprint density at radius 2 is 1.83 bits per heavy atom.